The maximum atomic E-state index is 12.2. The van der Waals surface area contributed by atoms with Gasteiger partial charge in [-0.15, -0.1) is 0 Å². The minimum absolute atomic E-state index is 0.238. The van der Waals surface area contributed by atoms with E-state index in [0.717, 1.165) is 0 Å². The van der Waals surface area contributed by atoms with Gasteiger partial charge in [-0.25, -0.2) is 4.79 Å². The van der Waals surface area contributed by atoms with Crippen molar-refractivity contribution in [2.45, 2.75) is 26.9 Å². The molecule has 2 rings (SSSR count). The van der Waals surface area contributed by atoms with Crippen molar-refractivity contribution >= 4 is 29.2 Å². The number of ether oxygens (including phenoxy) is 2. The molecule has 0 aliphatic rings. The first-order chi connectivity index (χ1) is 12.9. The fourth-order valence-electron chi connectivity index (χ4n) is 2.25. The average molecular weight is 370 g/mol. The zero-order valence-corrected chi connectivity index (χ0v) is 15.4. The number of benzene rings is 2. The summed E-state index contributed by atoms with van der Waals surface area (Å²) in [5.74, 6) is -0.653. The molecule has 7 nitrogen and oxygen atoms in total. The highest BCUT2D eigenvalue weighted by Crippen LogP contribution is 2.17. The molecule has 27 heavy (non-hydrogen) atoms. The Morgan fingerprint density at radius 3 is 2.33 bits per heavy atom. The van der Waals surface area contributed by atoms with Crippen LogP contribution >= 0.6 is 0 Å². The lowest BCUT2D eigenvalue weighted by Crippen LogP contribution is -2.30. The van der Waals surface area contributed by atoms with Gasteiger partial charge >= 0.3 is 5.97 Å². The van der Waals surface area contributed by atoms with Crippen molar-refractivity contribution in [2.24, 2.45) is 0 Å². The lowest BCUT2D eigenvalue weighted by Gasteiger charge is -2.14. The third-order valence-electron chi connectivity index (χ3n) is 3.50. The number of hydrogen-bond acceptors (Lipinski definition) is 5. The molecule has 0 fully saturated rings. The second-order valence-electron chi connectivity index (χ2n) is 5.76. The Hall–Kier alpha value is -3.35. The lowest BCUT2D eigenvalue weighted by atomic mass is 10.2. The molecule has 7 heteroatoms. The minimum Gasteiger partial charge on any atom is -0.494 e. The predicted molar refractivity (Wildman–Crippen MR) is 102 cm³/mol. The van der Waals surface area contributed by atoms with Gasteiger partial charge in [-0.1, -0.05) is 6.07 Å². The van der Waals surface area contributed by atoms with Crippen molar-refractivity contribution < 1.29 is 23.9 Å². The minimum atomic E-state index is -0.992. The molecule has 0 aromatic heterocycles. The summed E-state index contributed by atoms with van der Waals surface area (Å²) in [6.07, 6.45) is -0.992. The second kappa shape index (κ2) is 9.38. The molecule has 0 saturated carbocycles. The van der Waals surface area contributed by atoms with Crippen molar-refractivity contribution in [2.75, 3.05) is 17.2 Å². The van der Waals surface area contributed by atoms with E-state index in [1.807, 2.05) is 6.92 Å². The van der Waals surface area contributed by atoms with Crippen LogP contribution in [0.15, 0.2) is 48.5 Å². The van der Waals surface area contributed by atoms with Crippen LogP contribution in [-0.4, -0.2) is 30.5 Å². The van der Waals surface area contributed by atoms with Crippen LogP contribution in [0.2, 0.25) is 0 Å². The first-order valence-electron chi connectivity index (χ1n) is 8.51. The second-order valence-corrected chi connectivity index (χ2v) is 5.76. The fraction of sp³-hybridized carbons (Fsp3) is 0.250. The summed E-state index contributed by atoms with van der Waals surface area (Å²) in [7, 11) is 0. The summed E-state index contributed by atoms with van der Waals surface area (Å²) < 4.78 is 10.5. The van der Waals surface area contributed by atoms with Gasteiger partial charge < -0.3 is 20.1 Å². The summed E-state index contributed by atoms with van der Waals surface area (Å²) in [6.45, 7) is 5.30. The highest BCUT2D eigenvalue weighted by Gasteiger charge is 2.19. The zero-order chi connectivity index (χ0) is 19.8. The molecule has 142 valence electrons. The van der Waals surface area contributed by atoms with Gasteiger partial charge in [0.2, 0.25) is 5.91 Å². The van der Waals surface area contributed by atoms with E-state index in [1.165, 1.54) is 19.9 Å². The van der Waals surface area contributed by atoms with E-state index in [9.17, 15) is 14.4 Å². The van der Waals surface area contributed by atoms with Crippen molar-refractivity contribution in [1.82, 2.24) is 0 Å². The van der Waals surface area contributed by atoms with Crippen LogP contribution in [0.5, 0.6) is 5.75 Å². The van der Waals surface area contributed by atoms with Crippen LogP contribution in [0, 0.1) is 0 Å². The van der Waals surface area contributed by atoms with Crippen LogP contribution in [0.1, 0.15) is 31.1 Å². The average Bonchev–Trinajstić information content (AvgIpc) is 2.63. The molecule has 0 heterocycles. The number of hydrogen-bond donors (Lipinski definition) is 2. The largest absolute Gasteiger partial charge is 0.494 e. The summed E-state index contributed by atoms with van der Waals surface area (Å²) >= 11 is 0. The fourth-order valence-corrected chi connectivity index (χ4v) is 2.25. The van der Waals surface area contributed by atoms with Gasteiger partial charge in [0.25, 0.3) is 5.91 Å². The highest BCUT2D eigenvalue weighted by molar-refractivity contribution is 5.98. The van der Waals surface area contributed by atoms with E-state index in [1.54, 1.807) is 42.5 Å². The number of rotatable bonds is 7. The van der Waals surface area contributed by atoms with Crippen LogP contribution < -0.4 is 15.4 Å². The number of esters is 1. The Morgan fingerprint density at radius 2 is 1.70 bits per heavy atom. The molecule has 0 bridgehead atoms. The molecule has 0 radical (unpaired) electrons. The molecule has 2 aromatic carbocycles. The summed E-state index contributed by atoms with van der Waals surface area (Å²) in [6, 6.07) is 13.2. The number of nitrogens with one attached hydrogen (secondary N) is 2. The quantitative estimate of drug-likeness (QED) is 0.730. The molecule has 2 N–H and O–H groups in total. The van der Waals surface area contributed by atoms with E-state index in [0.29, 0.717) is 23.7 Å². The van der Waals surface area contributed by atoms with Gasteiger partial charge in [-0.05, 0) is 56.3 Å². The van der Waals surface area contributed by atoms with Crippen molar-refractivity contribution in [3.05, 3.63) is 54.1 Å². The van der Waals surface area contributed by atoms with Crippen molar-refractivity contribution in [3.63, 3.8) is 0 Å². The topological polar surface area (TPSA) is 93.7 Å². The van der Waals surface area contributed by atoms with Crippen molar-refractivity contribution in [3.8, 4) is 5.75 Å². The van der Waals surface area contributed by atoms with E-state index in [-0.39, 0.29) is 11.5 Å². The van der Waals surface area contributed by atoms with Crippen LogP contribution in [-0.2, 0) is 14.3 Å². The molecule has 0 aliphatic carbocycles. The normalized spacial score (nSPS) is 11.2. The van der Waals surface area contributed by atoms with Crippen LogP contribution in [0.3, 0.4) is 0 Å². The van der Waals surface area contributed by atoms with E-state index < -0.39 is 18.0 Å². The van der Waals surface area contributed by atoms with Gasteiger partial charge in [0.15, 0.2) is 6.10 Å². The molecule has 0 saturated heterocycles. The maximum Gasteiger partial charge on any atom is 0.338 e. The highest BCUT2D eigenvalue weighted by atomic mass is 16.5. The molecule has 1 unspecified atom stereocenters. The summed E-state index contributed by atoms with van der Waals surface area (Å²) in [4.78, 5) is 35.6. The predicted octanol–water partition coefficient (Wildman–Crippen LogP) is 3.23. The standard InChI is InChI=1S/C20H22N2O5/c1-4-26-18-10-8-16(9-11-18)22-19(24)13(2)27-20(25)15-6-5-7-17(12-15)21-14(3)23/h5-13H,4H2,1-3H3,(H,21,23)(H,22,24). The Morgan fingerprint density at radius 1 is 1.00 bits per heavy atom. The summed E-state index contributed by atoms with van der Waals surface area (Å²) in [5.41, 5.74) is 1.28. The van der Waals surface area contributed by atoms with Gasteiger partial charge in [0.1, 0.15) is 5.75 Å². The number of carbonyl (C=O) groups is 3. The van der Waals surface area contributed by atoms with E-state index >= 15 is 0 Å². The zero-order valence-electron chi connectivity index (χ0n) is 15.4. The first-order valence-corrected chi connectivity index (χ1v) is 8.51. The van der Waals surface area contributed by atoms with Gasteiger partial charge in [-0.3, -0.25) is 9.59 Å². The SMILES string of the molecule is CCOc1ccc(NC(=O)C(C)OC(=O)c2cccc(NC(C)=O)c2)cc1. The summed E-state index contributed by atoms with van der Waals surface area (Å²) in [5, 5.41) is 5.26. The Bertz CT molecular complexity index is 817. The van der Waals surface area contributed by atoms with Gasteiger partial charge in [0.05, 0.1) is 12.2 Å². The molecular formula is C20H22N2O5. The third-order valence-corrected chi connectivity index (χ3v) is 3.50. The molecule has 2 amide bonds. The Balaban J connectivity index is 1.95. The number of amides is 2. The first kappa shape index (κ1) is 20.0. The van der Waals surface area contributed by atoms with Crippen LogP contribution in [0.25, 0.3) is 0 Å². The smallest absolute Gasteiger partial charge is 0.338 e. The molecule has 2 aromatic rings. The van der Waals surface area contributed by atoms with Gasteiger partial charge in [0, 0.05) is 18.3 Å². The monoisotopic (exact) mass is 370 g/mol. The Labute approximate surface area is 157 Å². The van der Waals surface area contributed by atoms with E-state index in [2.05, 4.69) is 10.6 Å². The van der Waals surface area contributed by atoms with E-state index in [4.69, 9.17) is 9.47 Å². The number of carbonyl (C=O) groups excluding carboxylic acids is 3. The Kier molecular flexibility index (Phi) is 6.93. The molecule has 0 spiro atoms. The maximum absolute atomic E-state index is 12.2. The lowest BCUT2D eigenvalue weighted by molar-refractivity contribution is -0.123. The number of anilines is 2. The third kappa shape index (κ3) is 6.14. The van der Waals surface area contributed by atoms with Crippen molar-refractivity contribution in [1.29, 1.82) is 0 Å². The molecule has 1 atom stereocenters. The molecule has 0 aliphatic heterocycles. The van der Waals surface area contributed by atoms with Crippen LogP contribution in [0.4, 0.5) is 11.4 Å². The molecular weight excluding hydrogens is 348 g/mol. The van der Waals surface area contributed by atoms with Gasteiger partial charge in [-0.2, -0.15) is 0 Å².